The lowest BCUT2D eigenvalue weighted by atomic mass is 10.2. The quantitative estimate of drug-likeness (QED) is 0.835. The van der Waals surface area contributed by atoms with Gasteiger partial charge in [0.15, 0.2) is 11.5 Å². The maximum absolute atomic E-state index is 12.2. The molecule has 8 heteroatoms. The van der Waals surface area contributed by atoms with Crippen molar-refractivity contribution in [3.63, 3.8) is 0 Å². The molecule has 0 unspecified atom stereocenters. The van der Waals surface area contributed by atoms with Crippen molar-refractivity contribution in [2.24, 2.45) is 0 Å². The first kappa shape index (κ1) is 16.0. The van der Waals surface area contributed by atoms with Crippen molar-refractivity contribution in [2.45, 2.75) is 13.8 Å². The fourth-order valence-corrected chi connectivity index (χ4v) is 2.66. The highest BCUT2D eigenvalue weighted by Gasteiger charge is 2.32. The third-order valence-electron chi connectivity index (χ3n) is 3.89. The number of rotatable bonds is 4. The van der Waals surface area contributed by atoms with E-state index in [9.17, 15) is 14.4 Å². The summed E-state index contributed by atoms with van der Waals surface area (Å²) in [4.78, 5) is 42.9. The number of piperazine rings is 1. The van der Waals surface area contributed by atoms with Gasteiger partial charge in [0.2, 0.25) is 5.91 Å². The molecule has 2 aromatic rings. The number of hydrogen-bond donors (Lipinski definition) is 1. The molecule has 1 fully saturated rings. The Morgan fingerprint density at radius 2 is 1.96 bits per heavy atom. The molecule has 3 amide bonds. The van der Waals surface area contributed by atoms with Gasteiger partial charge in [-0.3, -0.25) is 14.4 Å². The molecule has 1 aromatic heterocycles. The van der Waals surface area contributed by atoms with E-state index >= 15 is 0 Å². The Morgan fingerprint density at radius 3 is 2.71 bits per heavy atom. The van der Waals surface area contributed by atoms with Gasteiger partial charge in [0.25, 0.3) is 0 Å². The number of amides is 3. The van der Waals surface area contributed by atoms with Crippen LogP contribution >= 0.6 is 0 Å². The summed E-state index contributed by atoms with van der Waals surface area (Å²) in [6.45, 7) is 4.69. The van der Waals surface area contributed by atoms with E-state index in [2.05, 4.69) is 10.3 Å². The molecular formula is C16H18N4O4. The van der Waals surface area contributed by atoms with Gasteiger partial charge < -0.3 is 19.5 Å². The summed E-state index contributed by atoms with van der Waals surface area (Å²) in [5, 5.41) is 2.71. The molecule has 2 heterocycles. The number of aryl methyl sites for hydroxylation is 1. The second kappa shape index (κ2) is 6.31. The van der Waals surface area contributed by atoms with Crippen LogP contribution in [0.5, 0.6) is 0 Å². The summed E-state index contributed by atoms with van der Waals surface area (Å²) in [6, 6.07) is 5.12. The Balaban J connectivity index is 1.64. The Labute approximate surface area is 138 Å². The maximum Gasteiger partial charge on any atom is 0.312 e. The van der Waals surface area contributed by atoms with Crippen LogP contribution in [-0.2, 0) is 14.4 Å². The highest BCUT2D eigenvalue weighted by molar-refractivity contribution is 6.35. The standard InChI is InChI=1S/C16H18N4O4/c1-3-19-6-7-20(16(23)15(19)22)9-14(21)18-11-4-5-13-12(8-11)17-10(2)24-13/h4-5,8H,3,6-7,9H2,1-2H3,(H,18,21). The van der Waals surface area contributed by atoms with Crippen LogP contribution in [0.4, 0.5) is 5.69 Å². The second-order valence-corrected chi connectivity index (χ2v) is 5.58. The second-order valence-electron chi connectivity index (χ2n) is 5.58. The summed E-state index contributed by atoms with van der Waals surface area (Å²) in [6.07, 6.45) is 0. The molecule has 0 aliphatic carbocycles. The zero-order valence-electron chi connectivity index (χ0n) is 13.5. The summed E-state index contributed by atoms with van der Waals surface area (Å²) in [5.41, 5.74) is 1.85. The zero-order valence-corrected chi connectivity index (χ0v) is 13.5. The van der Waals surface area contributed by atoms with E-state index in [1.165, 1.54) is 9.80 Å². The number of benzene rings is 1. The minimum atomic E-state index is -0.638. The van der Waals surface area contributed by atoms with Crippen LogP contribution in [0.1, 0.15) is 12.8 Å². The average Bonchev–Trinajstić information content (AvgIpc) is 2.91. The van der Waals surface area contributed by atoms with Crippen LogP contribution in [-0.4, -0.2) is 58.7 Å². The topological polar surface area (TPSA) is 95.8 Å². The number of nitrogens with zero attached hydrogens (tertiary/aromatic N) is 3. The van der Waals surface area contributed by atoms with Crippen LogP contribution in [0, 0.1) is 6.92 Å². The first-order chi connectivity index (χ1) is 11.5. The van der Waals surface area contributed by atoms with Crippen molar-refractivity contribution in [3.05, 3.63) is 24.1 Å². The highest BCUT2D eigenvalue weighted by atomic mass is 16.3. The molecule has 24 heavy (non-hydrogen) atoms. The normalized spacial score (nSPS) is 15.2. The van der Waals surface area contributed by atoms with E-state index in [1.807, 2.05) is 6.92 Å². The first-order valence-corrected chi connectivity index (χ1v) is 7.73. The number of oxazole rings is 1. The lowest BCUT2D eigenvalue weighted by Crippen LogP contribution is -2.55. The van der Waals surface area contributed by atoms with Gasteiger partial charge >= 0.3 is 11.8 Å². The third-order valence-corrected chi connectivity index (χ3v) is 3.89. The van der Waals surface area contributed by atoms with Crippen molar-refractivity contribution in [2.75, 3.05) is 31.5 Å². The van der Waals surface area contributed by atoms with Gasteiger partial charge in [0.1, 0.15) is 12.1 Å². The highest BCUT2D eigenvalue weighted by Crippen LogP contribution is 2.19. The van der Waals surface area contributed by atoms with Crippen molar-refractivity contribution < 1.29 is 18.8 Å². The third kappa shape index (κ3) is 3.08. The van der Waals surface area contributed by atoms with E-state index in [1.54, 1.807) is 25.1 Å². The SMILES string of the molecule is CCN1CCN(CC(=O)Nc2ccc3oc(C)nc3c2)C(=O)C1=O. The van der Waals surface area contributed by atoms with Gasteiger partial charge in [-0.2, -0.15) is 0 Å². The predicted octanol–water partition coefficient (Wildman–Crippen LogP) is 0.765. The molecule has 3 rings (SSSR count). The number of nitrogens with one attached hydrogen (secondary N) is 1. The molecule has 1 saturated heterocycles. The fourth-order valence-electron chi connectivity index (χ4n) is 2.66. The Kier molecular flexibility index (Phi) is 4.20. The van der Waals surface area contributed by atoms with Crippen molar-refractivity contribution >= 4 is 34.5 Å². The minimum Gasteiger partial charge on any atom is -0.441 e. The number of hydrogen-bond acceptors (Lipinski definition) is 5. The van der Waals surface area contributed by atoms with Gasteiger partial charge in [-0.05, 0) is 25.1 Å². The number of likely N-dealkylation sites (N-methyl/N-ethyl adjacent to an activating group) is 1. The molecule has 0 spiro atoms. The van der Waals surface area contributed by atoms with E-state index < -0.39 is 11.8 Å². The van der Waals surface area contributed by atoms with Gasteiger partial charge in [0, 0.05) is 32.2 Å². The zero-order chi connectivity index (χ0) is 17.3. The molecule has 0 atom stereocenters. The van der Waals surface area contributed by atoms with Crippen LogP contribution in [0.15, 0.2) is 22.6 Å². The molecule has 1 aromatic carbocycles. The minimum absolute atomic E-state index is 0.155. The Morgan fingerprint density at radius 1 is 1.25 bits per heavy atom. The average molecular weight is 330 g/mol. The lowest BCUT2D eigenvalue weighted by Gasteiger charge is -2.32. The largest absolute Gasteiger partial charge is 0.441 e. The van der Waals surface area contributed by atoms with Crippen molar-refractivity contribution in [3.8, 4) is 0 Å². The summed E-state index contributed by atoms with van der Waals surface area (Å²) < 4.78 is 5.38. The number of anilines is 1. The first-order valence-electron chi connectivity index (χ1n) is 7.73. The molecule has 8 nitrogen and oxygen atoms in total. The van der Waals surface area contributed by atoms with Crippen LogP contribution in [0.25, 0.3) is 11.1 Å². The molecular weight excluding hydrogens is 312 g/mol. The Bertz CT molecular complexity index is 814. The fraction of sp³-hybridized carbons (Fsp3) is 0.375. The molecule has 0 bridgehead atoms. The molecule has 126 valence electrons. The molecule has 0 radical (unpaired) electrons. The molecule has 1 aliphatic rings. The van der Waals surface area contributed by atoms with Gasteiger partial charge in [-0.25, -0.2) is 4.98 Å². The number of carbonyl (C=O) groups is 3. The number of carbonyl (C=O) groups excluding carboxylic acids is 3. The molecule has 1 N–H and O–H groups in total. The maximum atomic E-state index is 12.2. The monoisotopic (exact) mass is 330 g/mol. The van der Waals surface area contributed by atoms with E-state index in [0.717, 1.165) is 0 Å². The lowest BCUT2D eigenvalue weighted by molar-refractivity contribution is -0.156. The number of fused-ring (bicyclic) bond motifs is 1. The van der Waals surface area contributed by atoms with Crippen molar-refractivity contribution in [1.82, 2.24) is 14.8 Å². The van der Waals surface area contributed by atoms with Crippen LogP contribution in [0.2, 0.25) is 0 Å². The smallest absolute Gasteiger partial charge is 0.312 e. The summed E-state index contributed by atoms with van der Waals surface area (Å²) in [7, 11) is 0. The van der Waals surface area contributed by atoms with E-state index in [-0.39, 0.29) is 12.5 Å². The Hall–Kier alpha value is -2.90. The molecule has 0 saturated carbocycles. The van der Waals surface area contributed by atoms with Gasteiger partial charge in [-0.1, -0.05) is 0 Å². The van der Waals surface area contributed by atoms with Crippen LogP contribution in [0.3, 0.4) is 0 Å². The van der Waals surface area contributed by atoms with Crippen LogP contribution < -0.4 is 5.32 Å². The van der Waals surface area contributed by atoms with Crippen molar-refractivity contribution in [1.29, 1.82) is 0 Å². The van der Waals surface area contributed by atoms with E-state index in [4.69, 9.17) is 4.42 Å². The molecule has 1 aliphatic heterocycles. The van der Waals surface area contributed by atoms with Gasteiger partial charge in [-0.15, -0.1) is 0 Å². The van der Waals surface area contributed by atoms with Gasteiger partial charge in [0.05, 0.1) is 0 Å². The summed E-state index contributed by atoms with van der Waals surface area (Å²) in [5.74, 6) is -1.01. The number of aromatic nitrogens is 1. The van der Waals surface area contributed by atoms with E-state index in [0.29, 0.717) is 42.3 Å². The summed E-state index contributed by atoms with van der Waals surface area (Å²) >= 11 is 0. The predicted molar refractivity (Wildman–Crippen MR) is 86.2 cm³/mol.